The Morgan fingerprint density at radius 2 is 1.51 bits per heavy atom. The summed E-state index contributed by atoms with van der Waals surface area (Å²) in [5, 5.41) is 33.1. The molecule has 0 aromatic heterocycles. The SMILES string of the molecule is CC(C)(C(=O)O)C1(O)C=CC=CC1CCCCN1CCC(C(O)(c2ccccc2)c2ccccc2)CC1. The van der Waals surface area contributed by atoms with Crippen molar-refractivity contribution in [1.82, 2.24) is 4.90 Å². The summed E-state index contributed by atoms with van der Waals surface area (Å²) in [5.74, 6) is -1.07. The Labute approximate surface area is 221 Å². The van der Waals surface area contributed by atoms with E-state index in [1.807, 2.05) is 72.8 Å². The Kier molecular flexibility index (Phi) is 8.37. The van der Waals surface area contributed by atoms with E-state index < -0.39 is 22.6 Å². The third-order valence-corrected chi connectivity index (χ3v) is 8.75. The molecule has 37 heavy (non-hydrogen) atoms. The number of hydrogen-bond acceptors (Lipinski definition) is 4. The van der Waals surface area contributed by atoms with Crippen LogP contribution in [0.2, 0.25) is 0 Å². The lowest BCUT2D eigenvalue weighted by Gasteiger charge is -2.43. The molecule has 0 bridgehead atoms. The van der Waals surface area contributed by atoms with Gasteiger partial charge in [-0.2, -0.15) is 0 Å². The van der Waals surface area contributed by atoms with Crippen LogP contribution < -0.4 is 0 Å². The van der Waals surface area contributed by atoms with Crippen LogP contribution in [-0.2, 0) is 10.4 Å². The van der Waals surface area contributed by atoms with Crippen LogP contribution in [0.15, 0.2) is 85.0 Å². The number of benzene rings is 2. The molecule has 2 aliphatic rings. The predicted molar refractivity (Wildman–Crippen MR) is 147 cm³/mol. The Morgan fingerprint density at radius 3 is 2.05 bits per heavy atom. The minimum atomic E-state index is -1.40. The van der Waals surface area contributed by atoms with Crippen molar-refractivity contribution in [2.45, 2.75) is 57.2 Å². The largest absolute Gasteiger partial charge is 0.481 e. The maximum Gasteiger partial charge on any atom is 0.312 e. The number of nitrogens with zero attached hydrogens (tertiary/aromatic N) is 1. The molecule has 1 aliphatic carbocycles. The summed E-state index contributed by atoms with van der Waals surface area (Å²) in [4.78, 5) is 14.3. The molecule has 0 saturated carbocycles. The van der Waals surface area contributed by atoms with E-state index in [9.17, 15) is 20.1 Å². The first-order valence-electron chi connectivity index (χ1n) is 13.6. The van der Waals surface area contributed by atoms with Gasteiger partial charge in [0.15, 0.2) is 0 Å². The number of unbranched alkanes of at least 4 members (excludes halogenated alkanes) is 1. The summed E-state index contributed by atoms with van der Waals surface area (Å²) in [5.41, 5.74) is -1.77. The van der Waals surface area contributed by atoms with Crippen molar-refractivity contribution in [1.29, 1.82) is 0 Å². The van der Waals surface area contributed by atoms with Gasteiger partial charge in [-0.15, -0.1) is 0 Å². The van der Waals surface area contributed by atoms with Crippen LogP contribution in [0, 0.1) is 17.3 Å². The fraction of sp³-hybridized carbons (Fsp3) is 0.469. The summed E-state index contributed by atoms with van der Waals surface area (Å²) < 4.78 is 0. The smallest absolute Gasteiger partial charge is 0.312 e. The monoisotopic (exact) mass is 503 g/mol. The number of rotatable bonds is 10. The van der Waals surface area contributed by atoms with Crippen molar-refractivity contribution in [2.75, 3.05) is 19.6 Å². The lowest BCUT2D eigenvalue weighted by Crippen LogP contribution is -2.53. The number of piperidine rings is 1. The first kappa shape index (κ1) is 27.3. The zero-order valence-corrected chi connectivity index (χ0v) is 22.1. The zero-order valence-electron chi connectivity index (χ0n) is 22.1. The highest BCUT2D eigenvalue weighted by atomic mass is 16.4. The average Bonchev–Trinajstić information content (AvgIpc) is 2.92. The molecular formula is C32H41NO4. The number of likely N-dealkylation sites (tertiary alicyclic amines) is 1. The van der Waals surface area contributed by atoms with Gasteiger partial charge in [0.05, 0.1) is 5.41 Å². The van der Waals surface area contributed by atoms with Crippen LogP contribution in [0.1, 0.15) is 57.1 Å². The molecule has 2 unspecified atom stereocenters. The van der Waals surface area contributed by atoms with Gasteiger partial charge in [0.1, 0.15) is 11.2 Å². The van der Waals surface area contributed by atoms with Crippen molar-refractivity contribution >= 4 is 5.97 Å². The molecule has 2 atom stereocenters. The number of carboxylic acids is 1. The highest BCUT2D eigenvalue weighted by molar-refractivity contribution is 5.76. The summed E-state index contributed by atoms with van der Waals surface area (Å²) in [6, 6.07) is 20.1. The molecule has 5 heteroatoms. The van der Waals surface area contributed by atoms with Crippen molar-refractivity contribution in [3.8, 4) is 0 Å². The first-order valence-corrected chi connectivity index (χ1v) is 13.6. The van der Waals surface area contributed by atoms with E-state index in [1.54, 1.807) is 26.0 Å². The predicted octanol–water partition coefficient (Wildman–Crippen LogP) is 5.39. The molecule has 0 radical (unpaired) electrons. The molecule has 0 spiro atoms. The summed E-state index contributed by atoms with van der Waals surface area (Å²) in [6.07, 6.45) is 11.7. The van der Waals surface area contributed by atoms with Crippen LogP contribution in [-0.4, -0.2) is 51.4 Å². The molecule has 2 aromatic carbocycles. The van der Waals surface area contributed by atoms with Gasteiger partial charge in [-0.05, 0) is 76.2 Å². The second-order valence-electron chi connectivity index (χ2n) is 11.2. The molecule has 1 saturated heterocycles. The number of allylic oxidation sites excluding steroid dienone is 2. The van der Waals surface area contributed by atoms with Gasteiger partial charge in [0, 0.05) is 5.92 Å². The summed E-state index contributed by atoms with van der Waals surface area (Å²) in [6.45, 7) is 6.04. The first-order chi connectivity index (χ1) is 17.7. The number of aliphatic hydroxyl groups is 2. The lowest BCUT2D eigenvalue weighted by molar-refractivity contribution is -0.163. The van der Waals surface area contributed by atoms with Crippen molar-refractivity contribution < 1.29 is 20.1 Å². The topological polar surface area (TPSA) is 81.0 Å². The second-order valence-corrected chi connectivity index (χ2v) is 11.2. The van der Waals surface area contributed by atoms with E-state index >= 15 is 0 Å². The highest BCUT2D eigenvalue weighted by Crippen LogP contribution is 2.44. The Bertz CT molecular complexity index is 1050. The fourth-order valence-corrected chi connectivity index (χ4v) is 6.13. The molecule has 4 rings (SSSR count). The molecule has 1 aliphatic heterocycles. The third kappa shape index (κ3) is 5.45. The molecule has 1 heterocycles. The van der Waals surface area contributed by atoms with Gasteiger partial charge in [-0.1, -0.05) is 91.4 Å². The number of carbonyl (C=O) groups is 1. The Hall–Kier alpha value is -2.73. The van der Waals surface area contributed by atoms with Crippen LogP contribution in [0.4, 0.5) is 0 Å². The normalized spacial score (nSPS) is 23.3. The van der Waals surface area contributed by atoms with E-state index in [1.165, 1.54) is 0 Å². The van der Waals surface area contributed by atoms with Gasteiger partial charge in [0.2, 0.25) is 0 Å². The van der Waals surface area contributed by atoms with Crippen LogP contribution >= 0.6 is 0 Å². The molecule has 1 fully saturated rings. The van der Waals surface area contributed by atoms with E-state index in [-0.39, 0.29) is 11.8 Å². The van der Waals surface area contributed by atoms with Crippen molar-refractivity contribution in [2.24, 2.45) is 17.3 Å². The van der Waals surface area contributed by atoms with E-state index in [2.05, 4.69) is 4.90 Å². The standard InChI is InChI=1S/C32H41NO4/c1-30(2,29(34)35)31(36)21-11-9-13-25(31)14-10-12-22-33-23-19-28(20-24-33)32(37,26-15-5-3-6-16-26)27-17-7-4-8-18-27/h3-9,11,13,15-18,21,25,28,36-37H,10,12,14,19-20,22-24H2,1-2H3,(H,34,35). The quantitative estimate of drug-likeness (QED) is 0.379. The van der Waals surface area contributed by atoms with Gasteiger partial charge < -0.3 is 20.2 Å². The van der Waals surface area contributed by atoms with E-state index in [0.29, 0.717) is 0 Å². The minimum Gasteiger partial charge on any atom is -0.481 e. The number of carboxylic acid groups (broad SMARTS) is 1. The zero-order chi connectivity index (χ0) is 26.5. The van der Waals surface area contributed by atoms with Gasteiger partial charge >= 0.3 is 5.97 Å². The Balaban J connectivity index is 1.32. The maximum atomic E-state index is 12.1. The number of hydrogen-bond donors (Lipinski definition) is 3. The minimum absolute atomic E-state index is 0.140. The summed E-state index contributed by atoms with van der Waals surface area (Å²) >= 11 is 0. The van der Waals surface area contributed by atoms with E-state index in [0.717, 1.165) is 62.9 Å². The van der Waals surface area contributed by atoms with Crippen molar-refractivity contribution in [3.63, 3.8) is 0 Å². The molecule has 2 aromatic rings. The van der Waals surface area contributed by atoms with Crippen LogP contribution in [0.25, 0.3) is 0 Å². The lowest BCUT2D eigenvalue weighted by atomic mass is 9.65. The molecule has 5 nitrogen and oxygen atoms in total. The average molecular weight is 504 g/mol. The van der Waals surface area contributed by atoms with Crippen LogP contribution in [0.5, 0.6) is 0 Å². The van der Waals surface area contributed by atoms with Gasteiger partial charge in [-0.25, -0.2) is 0 Å². The molecule has 198 valence electrons. The second kappa shape index (κ2) is 11.3. The van der Waals surface area contributed by atoms with Gasteiger partial charge in [0.25, 0.3) is 0 Å². The van der Waals surface area contributed by atoms with E-state index in [4.69, 9.17) is 0 Å². The van der Waals surface area contributed by atoms with Crippen LogP contribution in [0.3, 0.4) is 0 Å². The van der Waals surface area contributed by atoms with Crippen molar-refractivity contribution in [3.05, 3.63) is 96.1 Å². The fourth-order valence-electron chi connectivity index (χ4n) is 6.13. The Morgan fingerprint density at radius 1 is 0.946 bits per heavy atom. The third-order valence-electron chi connectivity index (χ3n) is 8.75. The maximum absolute atomic E-state index is 12.1. The molecule has 3 N–H and O–H groups in total. The molecular weight excluding hydrogens is 462 g/mol. The molecule has 0 amide bonds. The highest BCUT2D eigenvalue weighted by Gasteiger charge is 2.51. The number of aliphatic carboxylic acids is 1. The summed E-state index contributed by atoms with van der Waals surface area (Å²) in [7, 11) is 0. The van der Waals surface area contributed by atoms with Gasteiger partial charge in [-0.3, -0.25) is 4.79 Å².